The van der Waals surface area contributed by atoms with Gasteiger partial charge in [0.1, 0.15) is 5.69 Å². The van der Waals surface area contributed by atoms with Crippen LogP contribution in [0.2, 0.25) is 0 Å². The van der Waals surface area contributed by atoms with Crippen LogP contribution in [0.15, 0.2) is 30.6 Å². The van der Waals surface area contributed by atoms with Gasteiger partial charge >= 0.3 is 6.18 Å². The Labute approximate surface area is 107 Å². The van der Waals surface area contributed by atoms with Crippen molar-refractivity contribution in [2.45, 2.75) is 19.6 Å². The van der Waals surface area contributed by atoms with Gasteiger partial charge < -0.3 is 4.57 Å². The molecule has 0 atom stereocenters. The lowest BCUT2D eigenvalue weighted by atomic mass is 10.1. The average molecular weight is 268 g/mol. The maximum Gasteiger partial charge on any atom is 0.416 e. The molecular weight excluding hydrogens is 257 g/mol. The summed E-state index contributed by atoms with van der Waals surface area (Å²) >= 11 is 0. The standard InChI is InChI=1S/C13H11F3N2O/c1-9-12(7-19)17-8-18(9)6-10-2-4-11(5-3-10)13(14,15)16/h2-5,7-8H,6H2,1H3. The van der Waals surface area contributed by atoms with E-state index in [4.69, 9.17) is 0 Å². The Bertz CT molecular complexity index is 585. The van der Waals surface area contributed by atoms with Crippen molar-refractivity contribution in [1.82, 2.24) is 9.55 Å². The van der Waals surface area contributed by atoms with Crippen molar-refractivity contribution in [2.24, 2.45) is 0 Å². The molecular formula is C13H11F3N2O. The Kier molecular flexibility index (Phi) is 3.42. The molecule has 0 saturated carbocycles. The first-order valence-corrected chi connectivity index (χ1v) is 5.55. The fourth-order valence-corrected chi connectivity index (χ4v) is 1.73. The summed E-state index contributed by atoms with van der Waals surface area (Å²) in [6.07, 6.45) is -2.18. The number of rotatable bonds is 3. The smallest absolute Gasteiger partial charge is 0.330 e. The number of benzene rings is 1. The van der Waals surface area contributed by atoms with Gasteiger partial charge in [0.2, 0.25) is 0 Å². The van der Waals surface area contributed by atoms with E-state index in [1.165, 1.54) is 18.5 Å². The molecule has 0 aliphatic carbocycles. The molecule has 0 N–H and O–H groups in total. The zero-order valence-electron chi connectivity index (χ0n) is 10.1. The van der Waals surface area contributed by atoms with E-state index in [2.05, 4.69) is 4.98 Å². The summed E-state index contributed by atoms with van der Waals surface area (Å²) in [5, 5.41) is 0. The first kappa shape index (κ1) is 13.3. The minimum Gasteiger partial charge on any atom is -0.330 e. The highest BCUT2D eigenvalue weighted by molar-refractivity contribution is 5.73. The van der Waals surface area contributed by atoms with Gasteiger partial charge in [-0.05, 0) is 24.6 Å². The molecule has 0 aliphatic rings. The van der Waals surface area contributed by atoms with Crippen molar-refractivity contribution in [3.8, 4) is 0 Å². The summed E-state index contributed by atoms with van der Waals surface area (Å²) in [5.41, 5.74) is 1.07. The number of alkyl halides is 3. The van der Waals surface area contributed by atoms with Crippen molar-refractivity contribution < 1.29 is 18.0 Å². The number of imidazole rings is 1. The normalized spacial score (nSPS) is 11.6. The van der Waals surface area contributed by atoms with Crippen LogP contribution in [0.1, 0.15) is 27.3 Å². The molecule has 19 heavy (non-hydrogen) atoms. The summed E-state index contributed by atoms with van der Waals surface area (Å²) in [6, 6.07) is 4.93. The van der Waals surface area contributed by atoms with Gasteiger partial charge in [0.15, 0.2) is 6.29 Å². The molecule has 0 spiro atoms. The van der Waals surface area contributed by atoms with Crippen LogP contribution in [0.3, 0.4) is 0 Å². The fraction of sp³-hybridized carbons (Fsp3) is 0.231. The molecule has 3 nitrogen and oxygen atoms in total. The number of carbonyl (C=O) groups excluding carboxylic acids is 1. The molecule has 0 aliphatic heterocycles. The minimum atomic E-state index is -4.33. The molecule has 2 aromatic rings. The van der Waals surface area contributed by atoms with Crippen molar-refractivity contribution in [1.29, 1.82) is 0 Å². The molecule has 1 aromatic carbocycles. The van der Waals surface area contributed by atoms with E-state index < -0.39 is 11.7 Å². The topological polar surface area (TPSA) is 34.9 Å². The largest absolute Gasteiger partial charge is 0.416 e. The first-order chi connectivity index (χ1) is 8.91. The van der Waals surface area contributed by atoms with E-state index in [0.717, 1.165) is 12.1 Å². The third kappa shape index (κ3) is 2.83. The molecule has 0 amide bonds. The van der Waals surface area contributed by atoms with Gasteiger partial charge in [0.25, 0.3) is 0 Å². The highest BCUT2D eigenvalue weighted by Crippen LogP contribution is 2.29. The van der Waals surface area contributed by atoms with Gasteiger partial charge in [-0.2, -0.15) is 13.2 Å². The Balaban J connectivity index is 2.20. The van der Waals surface area contributed by atoms with Crippen molar-refractivity contribution in [2.75, 3.05) is 0 Å². The summed E-state index contributed by atoms with van der Waals surface area (Å²) < 4.78 is 38.9. The second kappa shape index (κ2) is 4.87. The predicted molar refractivity (Wildman–Crippen MR) is 62.9 cm³/mol. The molecule has 0 bridgehead atoms. The molecule has 1 heterocycles. The third-order valence-corrected chi connectivity index (χ3v) is 2.88. The number of hydrogen-bond acceptors (Lipinski definition) is 2. The number of aromatic nitrogens is 2. The van der Waals surface area contributed by atoms with E-state index >= 15 is 0 Å². The molecule has 1 aromatic heterocycles. The van der Waals surface area contributed by atoms with Gasteiger partial charge in [0, 0.05) is 12.2 Å². The van der Waals surface area contributed by atoms with Crippen LogP contribution < -0.4 is 0 Å². The van der Waals surface area contributed by atoms with E-state index in [0.29, 0.717) is 29.8 Å². The fourth-order valence-electron chi connectivity index (χ4n) is 1.73. The monoisotopic (exact) mass is 268 g/mol. The Hall–Kier alpha value is -2.11. The molecule has 0 unspecified atom stereocenters. The molecule has 6 heteroatoms. The van der Waals surface area contributed by atoms with E-state index in [1.807, 2.05) is 0 Å². The summed E-state index contributed by atoms with van der Waals surface area (Å²) in [6.45, 7) is 2.12. The highest BCUT2D eigenvalue weighted by Gasteiger charge is 2.29. The highest BCUT2D eigenvalue weighted by atomic mass is 19.4. The molecule has 0 radical (unpaired) electrons. The zero-order chi connectivity index (χ0) is 14.0. The van der Waals surface area contributed by atoms with E-state index in [1.54, 1.807) is 11.5 Å². The third-order valence-electron chi connectivity index (χ3n) is 2.88. The SMILES string of the molecule is Cc1c(C=O)ncn1Cc1ccc(C(F)(F)F)cc1. The Morgan fingerprint density at radius 3 is 2.37 bits per heavy atom. The zero-order valence-corrected chi connectivity index (χ0v) is 10.1. The van der Waals surface area contributed by atoms with Crippen LogP contribution in [-0.2, 0) is 12.7 Å². The second-order valence-electron chi connectivity index (χ2n) is 4.16. The van der Waals surface area contributed by atoms with E-state index in [-0.39, 0.29) is 0 Å². The maximum absolute atomic E-state index is 12.4. The van der Waals surface area contributed by atoms with Crippen LogP contribution in [0.4, 0.5) is 13.2 Å². The van der Waals surface area contributed by atoms with Crippen LogP contribution in [0.5, 0.6) is 0 Å². The van der Waals surface area contributed by atoms with E-state index in [9.17, 15) is 18.0 Å². The number of nitrogens with zero attached hydrogens (tertiary/aromatic N) is 2. The van der Waals surface area contributed by atoms with Crippen LogP contribution in [-0.4, -0.2) is 15.8 Å². The second-order valence-corrected chi connectivity index (χ2v) is 4.16. The van der Waals surface area contributed by atoms with Crippen LogP contribution in [0, 0.1) is 6.92 Å². The Morgan fingerprint density at radius 1 is 1.26 bits per heavy atom. The maximum atomic E-state index is 12.4. The summed E-state index contributed by atoms with van der Waals surface area (Å²) in [7, 11) is 0. The Morgan fingerprint density at radius 2 is 1.89 bits per heavy atom. The molecule has 100 valence electrons. The molecule has 0 fully saturated rings. The van der Waals surface area contributed by atoms with Gasteiger partial charge in [-0.1, -0.05) is 12.1 Å². The first-order valence-electron chi connectivity index (χ1n) is 5.55. The molecule has 2 rings (SSSR count). The number of hydrogen-bond donors (Lipinski definition) is 0. The average Bonchev–Trinajstić information content (AvgIpc) is 2.70. The van der Waals surface area contributed by atoms with Crippen LogP contribution in [0.25, 0.3) is 0 Å². The quantitative estimate of drug-likeness (QED) is 0.802. The number of carbonyl (C=O) groups is 1. The number of halogens is 3. The van der Waals surface area contributed by atoms with Gasteiger partial charge in [-0.25, -0.2) is 4.98 Å². The van der Waals surface area contributed by atoms with Gasteiger partial charge in [0.05, 0.1) is 11.9 Å². The van der Waals surface area contributed by atoms with Crippen molar-refractivity contribution >= 4 is 6.29 Å². The lowest BCUT2D eigenvalue weighted by Gasteiger charge is -2.09. The van der Waals surface area contributed by atoms with Gasteiger partial charge in [-0.3, -0.25) is 4.79 Å². The lowest BCUT2D eigenvalue weighted by molar-refractivity contribution is -0.137. The van der Waals surface area contributed by atoms with Crippen molar-refractivity contribution in [3.05, 3.63) is 53.1 Å². The van der Waals surface area contributed by atoms with Crippen LogP contribution >= 0.6 is 0 Å². The predicted octanol–water partition coefficient (Wildman–Crippen LogP) is 3.07. The number of aldehydes is 1. The molecule has 0 saturated heterocycles. The van der Waals surface area contributed by atoms with Crippen molar-refractivity contribution in [3.63, 3.8) is 0 Å². The van der Waals surface area contributed by atoms with Gasteiger partial charge in [-0.15, -0.1) is 0 Å². The summed E-state index contributed by atoms with van der Waals surface area (Å²) in [5.74, 6) is 0. The summed E-state index contributed by atoms with van der Waals surface area (Å²) in [4.78, 5) is 14.5. The lowest BCUT2D eigenvalue weighted by Crippen LogP contribution is -2.06. The minimum absolute atomic E-state index is 0.340.